The monoisotopic (exact) mass is 347 g/mol. The van der Waals surface area contributed by atoms with Crippen LogP contribution in [0, 0.1) is 11.6 Å². The summed E-state index contributed by atoms with van der Waals surface area (Å²) in [7, 11) is -3.86. The van der Waals surface area contributed by atoms with Gasteiger partial charge < -0.3 is 0 Å². The van der Waals surface area contributed by atoms with Gasteiger partial charge in [-0.1, -0.05) is 12.1 Å². The second kappa shape index (κ2) is 5.26. The van der Waals surface area contributed by atoms with Gasteiger partial charge in [0.15, 0.2) is 11.6 Å². The van der Waals surface area contributed by atoms with E-state index < -0.39 is 21.7 Å². The molecule has 1 N–H and O–H groups in total. The number of hydrogen-bond donors (Lipinski definition) is 1. The first kappa shape index (κ1) is 14.0. The number of hydrogen-bond acceptors (Lipinski definition) is 2. The van der Waals surface area contributed by atoms with Gasteiger partial charge in [0.25, 0.3) is 10.0 Å². The normalized spacial score (nSPS) is 11.3. The quantitative estimate of drug-likeness (QED) is 0.923. The molecule has 2 aromatic rings. The smallest absolute Gasteiger partial charge is 0.263 e. The standard InChI is InChI=1S/C12H8BrF2NO2S/c13-9-3-1-2-4-12(9)19(17,18)16-8-5-6-10(14)11(15)7-8/h1-7,16H. The SMILES string of the molecule is O=S(=O)(Nc1ccc(F)c(F)c1)c1ccccc1Br. The summed E-state index contributed by atoms with van der Waals surface area (Å²) in [6, 6.07) is 8.97. The minimum absolute atomic E-state index is 0.0136. The molecule has 19 heavy (non-hydrogen) atoms. The van der Waals surface area contributed by atoms with E-state index >= 15 is 0 Å². The minimum atomic E-state index is -3.86. The number of rotatable bonds is 3. The summed E-state index contributed by atoms with van der Waals surface area (Å²) in [4.78, 5) is 0.0136. The van der Waals surface area contributed by atoms with Crippen LogP contribution in [0.3, 0.4) is 0 Å². The van der Waals surface area contributed by atoms with Crippen molar-refractivity contribution in [1.82, 2.24) is 0 Å². The van der Waals surface area contributed by atoms with Gasteiger partial charge in [0, 0.05) is 10.5 Å². The van der Waals surface area contributed by atoms with Gasteiger partial charge in [-0.3, -0.25) is 4.72 Å². The Labute approximate surface area is 117 Å². The lowest BCUT2D eigenvalue weighted by atomic mass is 10.3. The van der Waals surface area contributed by atoms with Gasteiger partial charge in [0.2, 0.25) is 0 Å². The van der Waals surface area contributed by atoms with Crippen molar-refractivity contribution in [1.29, 1.82) is 0 Å². The van der Waals surface area contributed by atoms with Crippen LogP contribution in [0.5, 0.6) is 0 Å². The van der Waals surface area contributed by atoms with Crippen molar-refractivity contribution in [2.75, 3.05) is 4.72 Å². The molecule has 3 nitrogen and oxygen atoms in total. The summed E-state index contributed by atoms with van der Waals surface area (Å²) >= 11 is 3.12. The van der Waals surface area contributed by atoms with Crippen LogP contribution in [0.25, 0.3) is 0 Å². The topological polar surface area (TPSA) is 46.2 Å². The van der Waals surface area contributed by atoms with Gasteiger partial charge in [0.1, 0.15) is 4.90 Å². The molecule has 7 heteroatoms. The van der Waals surface area contributed by atoms with Crippen LogP contribution in [0.4, 0.5) is 14.5 Å². The fraction of sp³-hybridized carbons (Fsp3) is 0. The molecule has 2 rings (SSSR count). The van der Waals surface area contributed by atoms with Crippen LogP contribution >= 0.6 is 15.9 Å². The lowest BCUT2D eigenvalue weighted by Gasteiger charge is -2.09. The Morgan fingerprint density at radius 2 is 1.68 bits per heavy atom. The van der Waals surface area contributed by atoms with E-state index in [1.165, 1.54) is 6.07 Å². The van der Waals surface area contributed by atoms with Gasteiger partial charge in [-0.15, -0.1) is 0 Å². The molecule has 0 aromatic heterocycles. The first-order valence-electron chi connectivity index (χ1n) is 5.12. The van der Waals surface area contributed by atoms with E-state index in [1.54, 1.807) is 18.2 Å². The van der Waals surface area contributed by atoms with Crippen LogP contribution in [0.15, 0.2) is 51.8 Å². The maximum absolute atomic E-state index is 13.0. The molecular formula is C12H8BrF2NO2S. The van der Waals surface area contributed by atoms with Crippen molar-refractivity contribution in [2.45, 2.75) is 4.90 Å². The number of halogens is 3. The Kier molecular flexibility index (Phi) is 3.86. The average Bonchev–Trinajstić information content (AvgIpc) is 2.34. The van der Waals surface area contributed by atoms with Crippen molar-refractivity contribution in [2.24, 2.45) is 0 Å². The third-order valence-electron chi connectivity index (χ3n) is 2.30. The Hall–Kier alpha value is -1.47. The van der Waals surface area contributed by atoms with Crippen LogP contribution < -0.4 is 4.72 Å². The first-order valence-corrected chi connectivity index (χ1v) is 7.40. The third-order valence-corrected chi connectivity index (χ3v) is 4.69. The molecule has 0 radical (unpaired) electrons. The number of sulfonamides is 1. The molecule has 0 heterocycles. The van der Waals surface area contributed by atoms with Crippen LogP contribution in [-0.2, 0) is 10.0 Å². The molecule has 0 spiro atoms. The van der Waals surface area contributed by atoms with Crippen molar-refractivity contribution < 1.29 is 17.2 Å². The maximum Gasteiger partial charge on any atom is 0.263 e. The molecule has 0 aliphatic carbocycles. The Balaban J connectivity index is 2.37. The zero-order chi connectivity index (χ0) is 14.0. The van der Waals surface area contributed by atoms with E-state index in [9.17, 15) is 17.2 Å². The molecule has 0 atom stereocenters. The Morgan fingerprint density at radius 1 is 1.00 bits per heavy atom. The molecule has 0 bridgehead atoms. The summed E-state index contributed by atoms with van der Waals surface area (Å²) in [6.45, 7) is 0. The van der Waals surface area contributed by atoms with Gasteiger partial charge in [0.05, 0.1) is 5.69 Å². The van der Waals surface area contributed by atoms with Crippen molar-refractivity contribution in [3.05, 3.63) is 58.6 Å². The highest BCUT2D eigenvalue weighted by atomic mass is 79.9. The molecule has 2 aromatic carbocycles. The van der Waals surface area contributed by atoms with Crippen molar-refractivity contribution >= 4 is 31.6 Å². The van der Waals surface area contributed by atoms with Crippen LogP contribution in [0.2, 0.25) is 0 Å². The van der Waals surface area contributed by atoms with E-state index in [0.717, 1.165) is 18.2 Å². The van der Waals surface area contributed by atoms with Gasteiger partial charge >= 0.3 is 0 Å². The Morgan fingerprint density at radius 3 is 2.32 bits per heavy atom. The highest BCUT2D eigenvalue weighted by molar-refractivity contribution is 9.10. The zero-order valence-corrected chi connectivity index (χ0v) is 11.8. The first-order chi connectivity index (χ1) is 8.90. The summed E-state index contributed by atoms with van der Waals surface area (Å²) in [5.74, 6) is -2.16. The predicted octanol–water partition coefficient (Wildman–Crippen LogP) is 3.53. The number of nitrogens with one attached hydrogen (secondary N) is 1. The van der Waals surface area contributed by atoms with Crippen molar-refractivity contribution in [3.63, 3.8) is 0 Å². The molecule has 0 saturated carbocycles. The number of anilines is 1. The van der Waals surface area contributed by atoms with E-state index in [-0.39, 0.29) is 10.6 Å². The summed E-state index contributed by atoms with van der Waals surface area (Å²) in [5, 5.41) is 0. The van der Waals surface area contributed by atoms with E-state index in [4.69, 9.17) is 0 Å². The van der Waals surface area contributed by atoms with Gasteiger partial charge in [-0.2, -0.15) is 0 Å². The highest BCUT2D eigenvalue weighted by Crippen LogP contribution is 2.24. The van der Waals surface area contributed by atoms with E-state index in [1.807, 2.05) is 0 Å². The lowest BCUT2D eigenvalue weighted by Crippen LogP contribution is -2.13. The zero-order valence-electron chi connectivity index (χ0n) is 9.40. The molecule has 100 valence electrons. The van der Waals surface area contributed by atoms with Crippen LogP contribution in [0.1, 0.15) is 0 Å². The summed E-state index contributed by atoms with van der Waals surface area (Å²) < 4.78 is 52.5. The van der Waals surface area contributed by atoms with Gasteiger partial charge in [-0.05, 0) is 40.2 Å². The second-order valence-electron chi connectivity index (χ2n) is 3.66. The molecular weight excluding hydrogens is 340 g/mol. The largest absolute Gasteiger partial charge is 0.279 e. The molecule has 0 aliphatic rings. The fourth-order valence-corrected chi connectivity index (χ4v) is 3.49. The fourth-order valence-electron chi connectivity index (χ4n) is 1.43. The highest BCUT2D eigenvalue weighted by Gasteiger charge is 2.17. The molecule has 0 saturated heterocycles. The molecule has 0 amide bonds. The lowest BCUT2D eigenvalue weighted by molar-refractivity contribution is 0.509. The second-order valence-corrected chi connectivity index (χ2v) is 6.17. The molecule has 0 unspecified atom stereocenters. The van der Waals surface area contributed by atoms with Crippen molar-refractivity contribution in [3.8, 4) is 0 Å². The van der Waals surface area contributed by atoms with E-state index in [2.05, 4.69) is 20.7 Å². The maximum atomic E-state index is 13.0. The van der Waals surface area contributed by atoms with Gasteiger partial charge in [-0.25, -0.2) is 17.2 Å². The third kappa shape index (κ3) is 3.10. The van der Waals surface area contributed by atoms with E-state index in [0.29, 0.717) is 4.47 Å². The summed E-state index contributed by atoms with van der Waals surface area (Å²) in [6.07, 6.45) is 0. The molecule has 0 fully saturated rings. The predicted molar refractivity (Wildman–Crippen MR) is 71.3 cm³/mol. The Bertz CT molecular complexity index is 719. The molecule has 0 aliphatic heterocycles. The summed E-state index contributed by atoms with van der Waals surface area (Å²) in [5.41, 5.74) is -0.0466. The van der Waals surface area contributed by atoms with Crippen LogP contribution in [-0.4, -0.2) is 8.42 Å². The number of benzene rings is 2. The minimum Gasteiger partial charge on any atom is -0.279 e. The average molecular weight is 348 g/mol.